The monoisotopic (exact) mass is 332 g/mol. The van der Waals surface area contributed by atoms with Crippen molar-refractivity contribution < 1.29 is 13.9 Å². The number of thiophene rings is 1. The zero-order chi connectivity index (χ0) is 16.0. The van der Waals surface area contributed by atoms with E-state index in [9.17, 15) is 4.79 Å². The van der Waals surface area contributed by atoms with Crippen molar-refractivity contribution in [2.75, 3.05) is 33.3 Å². The fraction of sp³-hybridized carbons (Fsp3) is 0.471. The zero-order valence-corrected chi connectivity index (χ0v) is 14.1. The van der Waals surface area contributed by atoms with Gasteiger partial charge in [0.1, 0.15) is 11.5 Å². The zero-order valence-electron chi connectivity index (χ0n) is 13.3. The van der Waals surface area contributed by atoms with E-state index in [0.717, 1.165) is 41.0 Å². The van der Waals surface area contributed by atoms with E-state index < -0.39 is 0 Å². The lowest BCUT2D eigenvalue weighted by atomic mass is 10.1. The molecule has 2 aromatic rings. The van der Waals surface area contributed by atoms with Crippen LogP contribution in [-0.2, 0) is 4.74 Å². The van der Waals surface area contributed by atoms with Crippen molar-refractivity contribution in [3.05, 3.63) is 34.9 Å². The second-order valence-electron chi connectivity index (χ2n) is 6.24. The van der Waals surface area contributed by atoms with Crippen LogP contribution in [-0.4, -0.2) is 61.1 Å². The Balaban J connectivity index is 1.50. The van der Waals surface area contributed by atoms with Gasteiger partial charge in [-0.15, -0.1) is 11.3 Å². The molecular weight excluding hydrogens is 312 g/mol. The third-order valence-corrected chi connectivity index (χ3v) is 5.75. The highest BCUT2D eigenvalue weighted by molar-refractivity contribution is 7.17. The summed E-state index contributed by atoms with van der Waals surface area (Å²) >= 11 is 1.49. The molecule has 4 heterocycles. The van der Waals surface area contributed by atoms with E-state index >= 15 is 0 Å². The van der Waals surface area contributed by atoms with Gasteiger partial charge in [0.2, 0.25) is 0 Å². The molecule has 2 saturated heterocycles. The van der Waals surface area contributed by atoms with Crippen LogP contribution in [0.4, 0.5) is 0 Å². The molecule has 2 atom stereocenters. The second-order valence-corrected chi connectivity index (χ2v) is 7.33. The molecule has 4 rings (SSSR count). The maximum atomic E-state index is 12.8. The third kappa shape index (κ3) is 2.71. The van der Waals surface area contributed by atoms with Crippen LogP contribution in [0.2, 0.25) is 0 Å². The smallest absolute Gasteiger partial charge is 0.264 e. The Morgan fingerprint density at radius 1 is 1.26 bits per heavy atom. The Kier molecular flexibility index (Phi) is 3.75. The van der Waals surface area contributed by atoms with Gasteiger partial charge in [-0.05, 0) is 38.2 Å². The fourth-order valence-electron chi connectivity index (χ4n) is 3.33. The van der Waals surface area contributed by atoms with Gasteiger partial charge in [-0.3, -0.25) is 9.69 Å². The molecule has 0 N–H and O–H groups in total. The summed E-state index contributed by atoms with van der Waals surface area (Å²) < 4.78 is 11.5. The molecule has 2 aliphatic rings. The number of ether oxygens (including phenoxy) is 1. The lowest BCUT2D eigenvalue weighted by Crippen LogP contribution is -2.48. The Morgan fingerprint density at radius 2 is 2.13 bits per heavy atom. The summed E-state index contributed by atoms with van der Waals surface area (Å²) in [6.45, 7) is 5.03. The molecule has 0 unspecified atom stereocenters. The Hall–Kier alpha value is -1.63. The van der Waals surface area contributed by atoms with E-state index in [1.165, 1.54) is 11.3 Å². The molecule has 1 amide bonds. The normalized spacial score (nSPS) is 24.9. The Labute approximate surface area is 139 Å². The molecule has 0 spiro atoms. The number of furan rings is 1. The standard InChI is InChI=1S/C17H20N2O3S/c1-11-3-4-13(22-11)15-5-6-16(23-15)17(20)19-9-12-14(10-19)21-8-7-18(12)2/h3-6,12,14H,7-10H2,1-2H3/t12-,14-/m1/s1. The number of amides is 1. The number of nitrogens with zero attached hydrogens (tertiary/aromatic N) is 2. The summed E-state index contributed by atoms with van der Waals surface area (Å²) in [5.41, 5.74) is 0. The highest BCUT2D eigenvalue weighted by Crippen LogP contribution is 2.31. The second kappa shape index (κ2) is 5.78. The van der Waals surface area contributed by atoms with Crippen LogP contribution in [0, 0.1) is 6.92 Å². The molecule has 2 fully saturated rings. The Bertz CT molecular complexity index is 723. The van der Waals surface area contributed by atoms with Crippen LogP contribution in [0.5, 0.6) is 0 Å². The first kappa shape index (κ1) is 14.9. The number of hydrogen-bond acceptors (Lipinski definition) is 5. The van der Waals surface area contributed by atoms with E-state index in [-0.39, 0.29) is 12.0 Å². The summed E-state index contributed by atoms with van der Waals surface area (Å²) in [6.07, 6.45) is 0.143. The van der Waals surface area contributed by atoms with Crippen molar-refractivity contribution in [2.45, 2.75) is 19.1 Å². The number of rotatable bonds is 2. The van der Waals surface area contributed by atoms with Gasteiger partial charge >= 0.3 is 0 Å². The molecule has 6 heteroatoms. The largest absolute Gasteiger partial charge is 0.461 e. The molecule has 23 heavy (non-hydrogen) atoms. The predicted molar refractivity (Wildman–Crippen MR) is 88.8 cm³/mol. The van der Waals surface area contributed by atoms with Crippen molar-refractivity contribution in [3.8, 4) is 10.6 Å². The van der Waals surface area contributed by atoms with Gasteiger partial charge in [0, 0.05) is 19.6 Å². The van der Waals surface area contributed by atoms with Gasteiger partial charge in [0.25, 0.3) is 5.91 Å². The van der Waals surface area contributed by atoms with Gasteiger partial charge in [-0.2, -0.15) is 0 Å². The SMILES string of the molecule is Cc1ccc(-c2ccc(C(=O)N3C[C@@H]4[C@@H](C3)OCCN4C)s2)o1. The maximum Gasteiger partial charge on any atom is 0.264 e. The average molecular weight is 332 g/mol. The molecule has 5 nitrogen and oxygen atoms in total. The molecule has 2 aliphatic heterocycles. The first-order valence-electron chi connectivity index (χ1n) is 7.89. The topological polar surface area (TPSA) is 45.9 Å². The molecule has 0 aromatic carbocycles. The number of hydrogen-bond donors (Lipinski definition) is 0. The van der Waals surface area contributed by atoms with Gasteiger partial charge < -0.3 is 14.1 Å². The van der Waals surface area contributed by atoms with Crippen molar-refractivity contribution in [2.24, 2.45) is 0 Å². The number of fused-ring (bicyclic) bond motifs is 1. The number of carbonyl (C=O) groups excluding carboxylic acids is 1. The van der Waals surface area contributed by atoms with Crippen LogP contribution in [0.3, 0.4) is 0 Å². The van der Waals surface area contributed by atoms with Gasteiger partial charge in [0.15, 0.2) is 0 Å². The van der Waals surface area contributed by atoms with E-state index in [0.29, 0.717) is 12.6 Å². The van der Waals surface area contributed by atoms with Crippen LogP contribution in [0.1, 0.15) is 15.4 Å². The van der Waals surface area contributed by atoms with E-state index in [2.05, 4.69) is 11.9 Å². The third-order valence-electron chi connectivity index (χ3n) is 4.67. The summed E-state index contributed by atoms with van der Waals surface area (Å²) in [4.78, 5) is 18.7. The fourth-order valence-corrected chi connectivity index (χ4v) is 4.27. The molecule has 0 saturated carbocycles. The minimum atomic E-state index is 0.0935. The highest BCUT2D eigenvalue weighted by Gasteiger charge is 2.40. The van der Waals surface area contributed by atoms with E-state index in [1.54, 1.807) is 0 Å². The lowest BCUT2D eigenvalue weighted by molar-refractivity contribution is -0.0368. The molecule has 122 valence electrons. The average Bonchev–Trinajstić information content (AvgIpc) is 3.25. The summed E-state index contributed by atoms with van der Waals surface area (Å²) in [6, 6.07) is 8.06. The molecule has 0 radical (unpaired) electrons. The quantitative estimate of drug-likeness (QED) is 0.847. The molecule has 0 aliphatic carbocycles. The van der Waals surface area contributed by atoms with Gasteiger partial charge in [-0.25, -0.2) is 0 Å². The minimum absolute atomic E-state index is 0.0935. The molecule has 0 bridgehead atoms. The van der Waals surface area contributed by atoms with Crippen LogP contribution >= 0.6 is 11.3 Å². The molecular formula is C17H20N2O3S. The van der Waals surface area contributed by atoms with Crippen molar-refractivity contribution in [1.82, 2.24) is 9.80 Å². The number of likely N-dealkylation sites (tertiary alicyclic amines) is 1. The summed E-state index contributed by atoms with van der Waals surface area (Å²) in [5, 5.41) is 0. The number of aryl methyl sites for hydroxylation is 1. The first-order valence-corrected chi connectivity index (χ1v) is 8.71. The Morgan fingerprint density at radius 3 is 2.87 bits per heavy atom. The minimum Gasteiger partial charge on any atom is -0.461 e. The van der Waals surface area contributed by atoms with E-state index in [1.807, 2.05) is 36.1 Å². The van der Waals surface area contributed by atoms with Gasteiger partial charge in [-0.1, -0.05) is 0 Å². The van der Waals surface area contributed by atoms with Crippen LogP contribution in [0.25, 0.3) is 10.6 Å². The summed E-state index contributed by atoms with van der Waals surface area (Å²) in [5.74, 6) is 1.80. The highest BCUT2D eigenvalue weighted by atomic mass is 32.1. The van der Waals surface area contributed by atoms with Gasteiger partial charge in [0.05, 0.1) is 28.5 Å². The first-order chi connectivity index (χ1) is 11.1. The predicted octanol–water partition coefficient (Wildman–Crippen LogP) is 2.47. The van der Waals surface area contributed by atoms with Crippen molar-refractivity contribution in [1.29, 1.82) is 0 Å². The molecule has 2 aromatic heterocycles. The van der Waals surface area contributed by atoms with Crippen LogP contribution in [0.15, 0.2) is 28.7 Å². The lowest BCUT2D eigenvalue weighted by Gasteiger charge is -2.33. The van der Waals surface area contributed by atoms with Crippen molar-refractivity contribution in [3.63, 3.8) is 0 Å². The summed E-state index contributed by atoms with van der Waals surface area (Å²) in [7, 11) is 2.11. The van der Waals surface area contributed by atoms with E-state index in [4.69, 9.17) is 9.15 Å². The number of likely N-dealkylation sites (N-methyl/N-ethyl adjacent to an activating group) is 1. The number of carbonyl (C=O) groups is 1. The number of morpholine rings is 1. The maximum absolute atomic E-state index is 12.8. The van der Waals surface area contributed by atoms with Crippen molar-refractivity contribution >= 4 is 17.2 Å². The van der Waals surface area contributed by atoms with Crippen LogP contribution < -0.4 is 0 Å².